The Balaban J connectivity index is 2.36. The van der Waals surface area contributed by atoms with E-state index >= 15 is 0 Å². The molecule has 1 amide bonds. The molecule has 3 unspecified atom stereocenters. The fourth-order valence-electron chi connectivity index (χ4n) is 3.28. The van der Waals surface area contributed by atoms with E-state index in [0.29, 0.717) is 10.8 Å². The summed E-state index contributed by atoms with van der Waals surface area (Å²) in [6.07, 6.45) is -2.48. The second-order valence-corrected chi connectivity index (χ2v) is 17.0. The van der Waals surface area contributed by atoms with E-state index in [1.165, 1.54) is 38.1 Å². The van der Waals surface area contributed by atoms with E-state index < -0.39 is 71.1 Å². The SMILES string of the molecule is C=C(C)C(C(=O)OCC(Cl)(Cl)Cl)N1C(=O)C([C@@H](C)OC(=O)OCC(Cl)(Cl)Cl)C1SS(=O)(=O)c1ccccc1. The van der Waals surface area contributed by atoms with Crippen molar-refractivity contribution in [3.8, 4) is 0 Å². The highest BCUT2D eigenvalue weighted by atomic mass is 35.6. The smallest absolute Gasteiger partial charge is 0.459 e. The van der Waals surface area contributed by atoms with Gasteiger partial charge < -0.3 is 19.1 Å². The molecule has 1 aliphatic heterocycles. The van der Waals surface area contributed by atoms with Gasteiger partial charge in [0.25, 0.3) is 0 Å². The van der Waals surface area contributed by atoms with Crippen LogP contribution >= 0.6 is 80.4 Å². The van der Waals surface area contributed by atoms with Crippen molar-refractivity contribution in [2.75, 3.05) is 13.2 Å². The third-order valence-electron chi connectivity index (χ3n) is 4.87. The number of rotatable bonds is 10. The Morgan fingerprint density at radius 2 is 1.58 bits per heavy atom. The first-order valence-electron chi connectivity index (χ1n) is 10.4. The van der Waals surface area contributed by atoms with Crippen LogP contribution in [0.25, 0.3) is 0 Å². The lowest BCUT2D eigenvalue weighted by atomic mass is 9.89. The Morgan fingerprint density at radius 1 is 1.05 bits per heavy atom. The Hall–Kier alpha value is -0.790. The molecule has 4 atom stereocenters. The predicted molar refractivity (Wildman–Crippen MR) is 147 cm³/mol. The summed E-state index contributed by atoms with van der Waals surface area (Å²) in [5.74, 6) is -2.96. The van der Waals surface area contributed by atoms with Gasteiger partial charge in [0.2, 0.25) is 22.4 Å². The molecule has 212 valence electrons. The lowest BCUT2D eigenvalue weighted by Crippen LogP contribution is -2.68. The minimum Gasteiger partial charge on any atom is -0.459 e. The van der Waals surface area contributed by atoms with Crippen LogP contribution in [0.1, 0.15) is 13.8 Å². The van der Waals surface area contributed by atoms with Crippen molar-refractivity contribution in [2.24, 2.45) is 5.92 Å². The molecule has 9 nitrogen and oxygen atoms in total. The molecule has 1 heterocycles. The first-order chi connectivity index (χ1) is 17.3. The number of hydrogen-bond acceptors (Lipinski definition) is 9. The summed E-state index contributed by atoms with van der Waals surface area (Å²) >= 11 is 33.6. The normalized spacial score (nSPS) is 19.7. The highest BCUT2D eigenvalue weighted by molar-refractivity contribution is 8.72. The van der Waals surface area contributed by atoms with Gasteiger partial charge in [0.1, 0.15) is 30.6 Å². The summed E-state index contributed by atoms with van der Waals surface area (Å²) in [5, 5.41) is -1.23. The lowest BCUT2D eigenvalue weighted by molar-refractivity contribution is -0.170. The quantitative estimate of drug-likeness (QED) is 0.101. The van der Waals surface area contributed by atoms with Crippen LogP contribution in [0, 0.1) is 5.92 Å². The standard InChI is InChI=1S/C21H21Cl6NO8S2/c1-11(2)15(18(30)34-9-20(22,23)24)28-16(29)14(12(3)36-19(31)35-10-21(25,26)27)17(28)37-38(32,33)13-7-5-4-6-8-13/h4-8,12,14-15,17H,1,9-10H2,2-3H3/t12-,14?,15?,17?/m1/s1. The molecule has 17 heteroatoms. The Morgan fingerprint density at radius 3 is 2.08 bits per heavy atom. The minimum atomic E-state index is -4.07. The van der Waals surface area contributed by atoms with Crippen LogP contribution < -0.4 is 0 Å². The molecule has 0 bridgehead atoms. The van der Waals surface area contributed by atoms with Crippen molar-refractivity contribution < 1.29 is 37.0 Å². The number of β-lactam (4-membered cyclic amide) rings is 1. The van der Waals surface area contributed by atoms with Crippen LogP contribution in [0.15, 0.2) is 47.4 Å². The topological polar surface area (TPSA) is 116 Å². The van der Waals surface area contributed by atoms with E-state index in [-0.39, 0.29) is 10.5 Å². The summed E-state index contributed by atoms with van der Waals surface area (Å²) in [5.41, 5.74) is 0.143. The molecule has 1 aliphatic rings. The first kappa shape index (κ1) is 33.4. The Labute approximate surface area is 253 Å². The van der Waals surface area contributed by atoms with Gasteiger partial charge >= 0.3 is 12.1 Å². The zero-order chi connectivity index (χ0) is 29.1. The van der Waals surface area contributed by atoms with E-state index in [2.05, 4.69) is 6.58 Å². The zero-order valence-electron chi connectivity index (χ0n) is 19.6. The molecule has 0 N–H and O–H groups in total. The number of halogens is 6. The van der Waals surface area contributed by atoms with Gasteiger partial charge in [0, 0.05) is 0 Å². The fourth-order valence-corrected chi connectivity index (χ4v) is 7.33. The van der Waals surface area contributed by atoms with Gasteiger partial charge in [0.15, 0.2) is 6.04 Å². The lowest BCUT2D eigenvalue weighted by Gasteiger charge is -2.50. The maximum absolute atomic E-state index is 13.3. The molecular weight excluding hydrogens is 671 g/mol. The molecule has 1 aromatic rings. The predicted octanol–water partition coefficient (Wildman–Crippen LogP) is 5.66. The van der Waals surface area contributed by atoms with Crippen LogP contribution in [0.4, 0.5) is 4.79 Å². The summed E-state index contributed by atoms with van der Waals surface area (Å²) in [7, 11) is -3.69. The van der Waals surface area contributed by atoms with Crippen LogP contribution in [-0.2, 0) is 32.7 Å². The highest BCUT2D eigenvalue weighted by Gasteiger charge is 2.58. The van der Waals surface area contributed by atoms with E-state index in [1.54, 1.807) is 6.07 Å². The molecule has 1 fully saturated rings. The number of alkyl halides is 6. The molecule has 0 saturated carbocycles. The molecule has 38 heavy (non-hydrogen) atoms. The van der Waals surface area contributed by atoms with E-state index in [4.69, 9.17) is 83.8 Å². The van der Waals surface area contributed by atoms with Gasteiger partial charge in [-0.15, -0.1) is 0 Å². The van der Waals surface area contributed by atoms with Crippen molar-refractivity contribution in [1.29, 1.82) is 0 Å². The van der Waals surface area contributed by atoms with Gasteiger partial charge in [-0.25, -0.2) is 18.0 Å². The average molecular weight is 692 g/mol. The van der Waals surface area contributed by atoms with Crippen molar-refractivity contribution >= 4 is 107 Å². The number of carbonyl (C=O) groups excluding carboxylic acids is 3. The molecule has 2 rings (SSSR count). The number of nitrogens with zero attached hydrogens (tertiary/aromatic N) is 1. The number of ether oxygens (including phenoxy) is 3. The van der Waals surface area contributed by atoms with E-state index in [1.807, 2.05) is 0 Å². The van der Waals surface area contributed by atoms with Gasteiger partial charge in [-0.3, -0.25) is 4.79 Å². The van der Waals surface area contributed by atoms with Crippen LogP contribution in [0.3, 0.4) is 0 Å². The number of benzene rings is 1. The van der Waals surface area contributed by atoms with Gasteiger partial charge in [-0.05, 0) is 42.3 Å². The number of esters is 1. The average Bonchev–Trinajstić information content (AvgIpc) is 2.78. The molecular formula is C21H21Cl6NO8S2. The molecule has 0 aromatic heterocycles. The monoisotopic (exact) mass is 689 g/mol. The zero-order valence-corrected chi connectivity index (χ0v) is 25.8. The molecule has 0 radical (unpaired) electrons. The summed E-state index contributed by atoms with van der Waals surface area (Å²) in [6, 6.07) is 5.96. The third-order valence-corrected chi connectivity index (χ3v) is 9.27. The Kier molecular flexibility index (Phi) is 11.7. The van der Waals surface area contributed by atoms with Crippen LogP contribution in [0.5, 0.6) is 0 Å². The van der Waals surface area contributed by atoms with Crippen LogP contribution in [-0.4, -0.2) is 69.7 Å². The van der Waals surface area contributed by atoms with Gasteiger partial charge in [-0.2, -0.15) is 0 Å². The minimum absolute atomic E-state index is 0.0515. The summed E-state index contributed by atoms with van der Waals surface area (Å²) < 4.78 is 37.4. The number of carbonyl (C=O) groups is 3. The van der Waals surface area contributed by atoms with Crippen LogP contribution in [0.2, 0.25) is 0 Å². The van der Waals surface area contributed by atoms with Crippen molar-refractivity contribution in [3.05, 3.63) is 42.5 Å². The highest BCUT2D eigenvalue weighted by Crippen LogP contribution is 2.45. The van der Waals surface area contributed by atoms with Crippen molar-refractivity contribution in [1.82, 2.24) is 4.90 Å². The number of likely N-dealkylation sites (tertiary alicyclic amines) is 1. The van der Waals surface area contributed by atoms with E-state index in [0.717, 1.165) is 4.90 Å². The van der Waals surface area contributed by atoms with Gasteiger partial charge in [0.05, 0.1) is 4.90 Å². The second kappa shape index (κ2) is 13.2. The largest absolute Gasteiger partial charge is 0.508 e. The fraction of sp³-hybridized carbons (Fsp3) is 0.476. The maximum atomic E-state index is 13.3. The third kappa shape index (κ3) is 9.40. The molecule has 0 aliphatic carbocycles. The maximum Gasteiger partial charge on any atom is 0.508 e. The van der Waals surface area contributed by atoms with Crippen molar-refractivity contribution in [3.63, 3.8) is 0 Å². The molecule has 1 saturated heterocycles. The summed E-state index contributed by atoms with van der Waals surface area (Å²) in [4.78, 5) is 39.1. The molecule has 1 aromatic carbocycles. The van der Waals surface area contributed by atoms with E-state index in [9.17, 15) is 22.8 Å². The molecule has 0 spiro atoms. The number of hydrogen-bond donors (Lipinski definition) is 0. The number of amides is 1. The van der Waals surface area contributed by atoms with Crippen molar-refractivity contribution in [2.45, 2.75) is 43.8 Å². The van der Waals surface area contributed by atoms with Gasteiger partial charge in [-0.1, -0.05) is 94.4 Å². The second-order valence-electron chi connectivity index (χ2n) is 7.97. The summed E-state index contributed by atoms with van der Waals surface area (Å²) in [6.45, 7) is 5.22. The first-order valence-corrected chi connectivity index (χ1v) is 15.6. The Bertz CT molecular complexity index is 1160.